The number of methoxy groups -OCH3 is 1. The van der Waals surface area contributed by atoms with Gasteiger partial charge in [-0.25, -0.2) is 9.37 Å². The molecule has 0 amide bonds. The van der Waals surface area contributed by atoms with Crippen molar-refractivity contribution in [3.63, 3.8) is 0 Å². The van der Waals surface area contributed by atoms with Crippen molar-refractivity contribution in [1.82, 2.24) is 10.3 Å². The molecule has 0 aliphatic heterocycles. The standard InChI is InChI=1S/C16H19FN2O/c1-12(10-13-6-3-4-8-15(13)17)19-11-14-7-5-9-18-16(14)20-2/h3-9,12,19H,10-11H2,1-2H3. The van der Waals surface area contributed by atoms with Crippen LogP contribution in [0.15, 0.2) is 42.6 Å². The van der Waals surface area contributed by atoms with Gasteiger partial charge in [0, 0.05) is 24.3 Å². The normalized spacial score (nSPS) is 12.2. The molecule has 1 N–H and O–H groups in total. The molecule has 1 unspecified atom stereocenters. The summed E-state index contributed by atoms with van der Waals surface area (Å²) >= 11 is 0. The zero-order valence-electron chi connectivity index (χ0n) is 11.8. The van der Waals surface area contributed by atoms with Crippen molar-refractivity contribution in [3.8, 4) is 5.88 Å². The van der Waals surface area contributed by atoms with Crippen molar-refractivity contribution in [1.29, 1.82) is 0 Å². The number of rotatable bonds is 6. The van der Waals surface area contributed by atoms with Crippen LogP contribution in [0.1, 0.15) is 18.1 Å². The Morgan fingerprint density at radius 1 is 1.20 bits per heavy atom. The third-order valence-electron chi connectivity index (χ3n) is 3.17. The molecule has 2 rings (SSSR count). The van der Waals surface area contributed by atoms with Crippen LogP contribution >= 0.6 is 0 Å². The molecule has 0 aliphatic carbocycles. The maximum Gasteiger partial charge on any atom is 0.217 e. The third-order valence-corrected chi connectivity index (χ3v) is 3.17. The van der Waals surface area contributed by atoms with Crippen LogP contribution in [0, 0.1) is 5.82 Å². The maximum atomic E-state index is 13.6. The molecule has 0 bridgehead atoms. The second-order valence-electron chi connectivity index (χ2n) is 4.75. The Kier molecular flexibility index (Phi) is 5.07. The van der Waals surface area contributed by atoms with E-state index in [0.717, 1.165) is 11.1 Å². The summed E-state index contributed by atoms with van der Waals surface area (Å²) in [5.74, 6) is 0.471. The van der Waals surface area contributed by atoms with Gasteiger partial charge < -0.3 is 10.1 Å². The summed E-state index contributed by atoms with van der Waals surface area (Å²) in [4.78, 5) is 4.15. The molecule has 2 aromatic rings. The number of nitrogens with zero attached hydrogens (tertiary/aromatic N) is 1. The molecule has 1 heterocycles. The average molecular weight is 274 g/mol. The largest absolute Gasteiger partial charge is 0.481 e. The molecule has 1 aromatic carbocycles. The summed E-state index contributed by atoms with van der Waals surface area (Å²) in [7, 11) is 1.61. The summed E-state index contributed by atoms with van der Waals surface area (Å²) in [6.45, 7) is 2.68. The molecular weight excluding hydrogens is 255 g/mol. The SMILES string of the molecule is COc1ncccc1CNC(C)Cc1ccccc1F. The lowest BCUT2D eigenvalue weighted by molar-refractivity contribution is 0.388. The Bertz CT molecular complexity index is 560. The highest BCUT2D eigenvalue weighted by Crippen LogP contribution is 2.14. The maximum absolute atomic E-state index is 13.6. The van der Waals surface area contributed by atoms with Gasteiger partial charge >= 0.3 is 0 Å². The van der Waals surface area contributed by atoms with E-state index in [1.165, 1.54) is 6.07 Å². The molecule has 0 radical (unpaired) electrons. The Morgan fingerprint density at radius 3 is 2.70 bits per heavy atom. The topological polar surface area (TPSA) is 34.1 Å². The Hall–Kier alpha value is -1.94. The lowest BCUT2D eigenvalue weighted by Crippen LogP contribution is -2.28. The number of aromatic nitrogens is 1. The average Bonchev–Trinajstić information content (AvgIpc) is 2.48. The molecule has 4 heteroatoms. The highest BCUT2D eigenvalue weighted by molar-refractivity contribution is 5.25. The van der Waals surface area contributed by atoms with Crippen LogP contribution in [0.4, 0.5) is 4.39 Å². The molecule has 20 heavy (non-hydrogen) atoms. The van der Waals surface area contributed by atoms with E-state index in [-0.39, 0.29) is 11.9 Å². The number of halogens is 1. The number of benzene rings is 1. The molecule has 106 valence electrons. The first-order chi connectivity index (χ1) is 9.70. The predicted octanol–water partition coefficient (Wildman–Crippen LogP) is 2.95. The summed E-state index contributed by atoms with van der Waals surface area (Å²) < 4.78 is 18.8. The Balaban J connectivity index is 1.92. The summed E-state index contributed by atoms with van der Waals surface area (Å²) in [5.41, 5.74) is 1.72. The van der Waals surface area contributed by atoms with E-state index in [0.29, 0.717) is 18.8 Å². The van der Waals surface area contributed by atoms with Gasteiger partial charge in [-0.3, -0.25) is 0 Å². The second kappa shape index (κ2) is 7.01. The van der Waals surface area contributed by atoms with Gasteiger partial charge in [0.25, 0.3) is 0 Å². The monoisotopic (exact) mass is 274 g/mol. The van der Waals surface area contributed by atoms with E-state index in [4.69, 9.17) is 4.74 Å². The van der Waals surface area contributed by atoms with Gasteiger partial charge in [0.1, 0.15) is 5.82 Å². The van der Waals surface area contributed by atoms with Crippen LogP contribution < -0.4 is 10.1 Å². The van der Waals surface area contributed by atoms with Crippen LogP contribution in [0.5, 0.6) is 5.88 Å². The number of ether oxygens (including phenoxy) is 1. The van der Waals surface area contributed by atoms with Gasteiger partial charge in [0.2, 0.25) is 5.88 Å². The first kappa shape index (κ1) is 14.5. The lowest BCUT2D eigenvalue weighted by Gasteiger charge is -2.15. The van der Waals surface area contributed by atoms with Gasteiger partial charge in [0.15, 0.2) is 0 Å². The van der Waals surface area contributed by atoms with E-state index < -0.39 is 0 Å². The van der Waals surface area contributed by atoms with Crippen LogP contribution in [-0.4, -0.2) is 18.1 Å². The van der Waals surface area contributed by atoms with Crippen LogP contribution in [0.3, 0.4) is 0 Å². The van der Waals surface area contributed by atoms with E-state index in [2.05, 4.69) is 10.3 Å². The molecular formula is C16H19FN2O. The quantitative estimate of drug-likeness (QED) is 0.879. The van der Waals surface area contributed by atoms with Crippen molar-refractivity contribution in [2.24, 2.45) is 0 Å². The van der Waals surface area contributed by atoms with Crippen molar-refractivity contribution in [2.45, 2.75) is 25.9 Å². The van der Waals surface area contributed by atoms with Crippen LogP contribution in [0.2, 0.25) is 0 Å². The molecule has 1 aromatic heterocycles. The second-order valence-corrected chi connectivity index (χ2v) is 4.75. The summed E-state index contributed by atoms with van der Waals surface area (Å²) in [6, 6.07) is 10.9. The minimum atomic E-state index is -0.153. The van der Waals surface area contributed by atoms with Gasteiger partial charge in [-0.2, -0.15) is 0 Å². The number of pyridine rings is 1. The van der Waals surface area contributed by atoms with Gasteiger partial charge in [0.05, 0.1) is 7.11 Å². The fourth-order valence-corrected chi connectivity index (χ4v) is 2.09. The minimum Gasteiger partial charge on any atom is -0.481 e. The smallest absolute Gasteiger partial charge is 0.217 e. The molecule has 0 saturated carbocycles. The summed E-state index contributed by atoms with van der Waals surface area (Å²) in [5, 5.41) is 3.36. The van der Waals surface area contributed by atoms with Gasteiger partial charge in [-0.1, -0.05) is 24.3 Å². The zero-order chi connectivity index (χ0) is 14.4. The fourth-order valence-electron chi connectivity index (χ4n) is 2.09. The highest BCUT2D eigenvalue weighted by Gasteiger charge is 2.09. The fraction of sp³-hybridized carbons (Fsp3) is 0.312. The molecule has 0 fully saturated rings. The van der Waals surface area contributed by atoms with E-state index in [9.17, 15) is 4.39 Å². The van der Waals surface area contributed by atoms with Crippen molar-refractivity contribution in [3.05, 3.63) is 59.5 Å². The zero-order valence-corrected chi connectivity index (χ0v) is 11.8. The molecule has 1 atom stereocenters. The predicted molar refractivity (Wildman–Crippen MR) is 77.2 cm³/mol. The van der Waals surface area contributed by atoms with Crippen molar-refractivity contribution in [2.75, 3.05) is 7.11 Å². The number of hydrogen-bond donors (Lipinski definition) is 1. The van der Waals surface area contributed by atoms with Crippen molar-refractivity contribution < 1.29 is 9.13 Å². The molecule has 0 aliphatic rings. The van der Waals surface area contributed by atoms with Crippen LogP contribution in [0.25, 0.3) is 0 Å². The van der Waals surface area contributed by atoms with Crippen LogP contribution in [-0.2, 0) is 13.0 Å². The van der Waals surface area contributed by atoms with E-state index in [1.54, 1.807) is 19.4 Å². The molecule has 0 saturated heterocycles. The first-order valence-corrected chi connectivity index (χ1v) is 6.65. The Labute approximate surface area is 118 Å². The lowest BCUT2D eigenvalue weighted by atomic mass is 10.1. The molecule has 3 nitrogen and oxygen atoms in total. The number of nitrogens with one attached hydrogen (secondary N) is 1. The van der Waals surface area contributed by atoms with Gasteiger partial charge in [-0.15, -0.1) is 0 Å². The highest BCUT2D eigenvalue weighted by atomic mass is 19.1. The third kappa shape index (κ3) is 3.78. The Morgan fingerprint density at radius 2 is 1.95 bits per heavy atom. The van der Waals surface area contributed by atoms with Gasteiger partial charge in [-0.05, 0) is 31.0 Å². The van der Waals surface area contributed by atoms with E-state index in [1.807, 2.05) is 31.2 Å². The molecule has 0 spiro atoms. The summed E-state index contributed by atoms with van der Waals surface area (Å²) in [6.07, 6.45) is 2.35. The number of hydrogen-bond acceptors (Lipinski definition) is 3. The van der Waals surface area contributed by atoms with E-state index >= 15 is 0 Å². The minimum absolute atomic E-state index is 0.153. The van der Waals surface area contributed by atoms with Crippen molar-refractivity contribution >= 4 is 0 Å². The first-order valence-electron chi connectivity index (χ1n) is 6.65.